The molecule has 2 heterocycles. The molecular formula is C14H11Cl2NO2S. The van der Waals surface area contributed by atoms with E-state index in [2.05, 4.69) is 0 Å². The molecule has 1 fully saturated rings. The quantitative estimate of drug-likeness (QED) is 0.815. The number of amides is 1. The largest absolute Gasteiger partial charge is 0.472 e. The summed E-state index contributed by atoms with van der Waals surface area (Å²) in [5, 5.41) is 0.991. The molecule has 1 atom stereocenters. The molecule has 0 bridgehead atoms. The standard InChI is InChI=1S/C14H11Cl2NO2S/c15-11-2-1-9(7-12(11)16)14-17(4-6-20-14)13(18)10-3-5-19-8-10/h1-3,5,7-8,14H,4,6H2. The Bertz CT molecular complexity index is 630. The first-order valence-corrected chi connectivity index (χ1v) is 7.87. The molecule has 1 unspecified atom stereocenters. The molecule has 0 aliphatic carbocycles. The van der Waals surface area contributed by atoms with Crippen molar-refractivity contribution in [2.75, 3.05) is 12.3 Å². The fraction of sp³-hybridized carbons (Fsp3) is 0.214. The van der Waals surface area contributed by atoms with Crippen LogP contribution >= 0.6 is 35.0 Å². The maximum absolute atomic E-state index is 12.4. The van der Waals surface area contributed by atoms with Crippen LogP contribution in [0.3, 0.4) is 0 Å². The Balaban J connectivity index is 1.88. The van der Waals surface area contributed by atoms with E-state index in [0.717, 1.165) is 11.3 Å². The molecule has 1 aliphatic rings. The lowest BCUT2D eigenvalue weighted by atomic mass is 10.2. The van der Waals surface area contributed by atoms with E-state index in [1.807, 2.05) is 17.0 Å². The van der Waals surface area contributed by atoms with Gasteiger partial charge >= 0.3 is 0 Å². The Morgan fingerprint density at radius 2 is 2.15 bits per heavy atom. The summed E-state index contributed by atoms with van der Waals surface area (Å²) in [4.78, 5) is 14.3. The van der Waals surface area contributed by atoms with Gasteiger partial charge in [0.1, 0.15) is 11.6 Å². The number of carbonyl (C=O) groups is 1. The molecule has 0 radical (unpaired) electrons. The molecule has 2 aromatic rings. The van der Waals surface area contributed by atoms with Crippen molar-refractivity contribution >= 4 is 40.9 Å². The maximum Gasteiger partial charge on any atom is 0.258 e. The van der Waals surface area contributed by atoms with Gasteiger partial charge in [0.15, 0.2) is 0 Å². The second-order valence-corrected chi connectivity index (χ2v) is 6.41. The summed E-state index contributed by atoms with van der Waals surface area (Å²) in [6, 6.07) is 7.17. The molecule has 104 valence electrons. The number of hydrogen-bond acceptors (Lipinski definition) is 3. The Hall–Kier alpha value is -1.10. The normalized spacial score (nSPS) is 18.5. The molecule has 1 aliphatic heterocycles. The van der Waals surface area contributed by atoms with Gasteiger partial charge in [-0.25, -0.2) is 0 Å². The highest BCUT2D eigenvalue weighted by Gasteiger charge is 2.31. The Morgan fingerprint density at radius 1 is 1.30 bits per heavy atom. The molecule has 1 amide bonds. The van der Waals surface area contributed by atoms with Crippen LogP contribution in [0.4, 0.5) is 0 Å². The van der Waals surface area contributed by atoms with E-state index < -0.39 is 0 Å². The number of rotatable bonds is 2. The lowest BCUT2D eigenvalue weighted by Crippen LogP contribution is -2.30. The fourth-order valence-electron chi connectivity index (χ4n) is 2.17. The van der Waals surface area contributed by atoms with Gasteiger partial charge in [-0.05, 0) is 23.8 Å². The van der Waals surface area contributed by atoms with Gasteiger partial charge in [-0.3, -0.25) is 4.79 Å². The molecule has 1 aromatic heterocycles. The smallest absolute Gasteiger partial charge is 0.258 e. The van der Waals surface area contributed by atoms with Crippen LogP contribution in [0, 0.1) is 0 Å². The minimum Gasteiger partial charge on any atom is -0.472 e. The third-order valence-corrected chi connectivity index (χ3v) is 5.15. The van der Waals surface area contributed by atoms with Crippen LogP contribution in [-0.2, 0) is 0 Å². The average molecular weight is 328 g/mol. The summed E-state index contributed by atoms with van der Waals surface area (Å²) in [5.41, 5.74) is 1.55. The van der Waals surface area contributed by atoms with Crippen LogP contribution in [0.1, 0.15) is 21.3 Å². The summed E-state index contributed by atoms with van der Waals surface area (Å²) >= 11 is 13.7. The van der Waals surface area contributed by atoms with Gasteiger partial charge < -0.3 is 9.32 Å². The van der Waals surface area contributed by atoms with E-state index >= 15 is 0 Å². The predicted molar refractivity (Wildman–Crippen MR) is 81.4 cm³/mol. The third-order valence-electron chi connectivity index (χ3n) is 3.15. The van der Waals surface area contributed by atoms with Crippen molar-refractivity contribution in [1.29, 1.82) is 0 Å². The van der Waals surface area contributed by atoms with Gasteiger partial charge in [0.05, 0.1) is 21.9 Å². The minimum atomic E-state index is -0.0350. The molecular weight excluding hydrogens is 317 g/mol. The SMILES string of the molecule is O=C(c1ccoc1)N1CCSC1c1ccc(Cl)c(Cl)c1. The third kappa shape index (κ3) is 2.55. The van der Waals surface area contributed by atoms with Crippen molar-refractivity contribution < 1.29 is 9.21 Å². The predicted octanol–water partition coefficient (Wildman–Crippen LogP) is 4.47. The zero-order valence-corrected chi connectivity index (χ0v) is 12.7. The Kier molecular flexibility index (Phi) is 3.96. The fourth-order valence-corrected chi connectivity index (χ4v) is 3.72. The average Bonchev–Trinajstić information content (AvgIpc) is 3.11. The van der Waals surface area contributed by atoms with Crippen LogP contribution < -0.4 is 0 Å². The second-order valence-electron chi connectivity index (χ2n) is 4.41. The van der Waals surface area contributed by atoms with Crippen molar-refractivity contribution in [3.63, 3.8) is 0 Å². The van der Waals surface area contributed by atoms with Crippen LogP contribution in [-0.4, -0.2) is 23.1 Å². The Morgan fingerprint density at radius 3 is 2.85 bits per heavy atom. The highest BCUT2D eigenvalue weighted by atomic mass is 35.5. The van der Waals surface area contributed by atoms with Gasteiger partial charge in [-0.1, -0.05) is 29.3 Å². The van der Waals surface area contributed by atoms with E-state index in [-0.39, 0.29) is 11.3 Å². The minimum absolute atomic E-state index is 0.0279. The van der Waals surface area contributed by atoms with Gasteiger partial charge in [0.2, 0.25) is 0 Å². The number of furan rings is 1. The van der Waals surface area contributed by atoms with Crippen LogP contribution in [0.2, 0.25) is 10.0 Å². The molecule has 0 N–H and O–H groups in total. The molecule has 20 heavy (non-hydrogen) atoms. The van der Waals surface area contributed by atoms with E-state index in [1.54, 1.807) is 23.9 Å². The van der Waals surface area contributed by atoms with Gasteiger partial charge in [0, 0.05) is 12.3 Å². The van der Waals surface area contributed by atoms with Crippen LogP contribution in [0.25, 0.3) is 0 Å². The number of thioether (sulfide) groups is 1. The molecule has 6 heteroatoms. The van der Waals surface area contributed by atoms with Crippen molar-refractivity contribution in [3.8, 4) is 0 Å². The highest BCUT2D eigenvalue weighted by molar-refractivity contribution is 7.99. The summed E-state index contributed by atoms with van der Waals surface area (Å²) < 4.78 is 4.98. The van der Waals surface area contributed by atoms with Crippen molar-refractivity contribution in [2.24, 2.45) is 0 Å². The monoisotopic (exact) mass is 327 g/mol. The molecule has 1 saturated heterocycles. The number of carbonyl (C=O) groups excluding carboxylic acids is 1. The van der Waals surface area contributed by atoms with E-state index in [1.165, 1.54) is 12.5 Å². The molecule has 0 saturated carbocycles. The number of benzene rings is 1. The first kappa shape index (κ1) is 13.9. The number of hydrogen-bond donors (Lipinski definition) is 0. The summed E-state index contributed by atoms with van der Waals surface area (Å²) in [5.74, 6) is 0.869. The van der Waals surface area contributed by atoms with Crippen molar-refractivity contribution in [2.45, 2.75) is 5.37 Å². The van der Waals surface area contributed by atoms with Gasteiger partial charge in [0.25, 0.3) is 5.91 Å². The van der Waals surface area contributed by atoms with Crippen molar-refractivity contribution in [3.05, 3.63) is 58.0 Å². The lowest BCUT2D eigenvalue weighted by Gasteiger charge is -2.23. The zero-order chi connectivity index (χ0) is 14.1. The van der Waals surface area contributed by atoms with E-state index in [0.29, 0.717) is 22.2 Å². The van der Waals surface area contributed by atoms with Crippen LogP contribution in [0.15, 0.2) is 41.2 Å². The first-order valence-electron chi connectivity index (χ1n) is 6.06. The molecule has 0 spiro atoms. The maximum atomic E-state index is 12.4. The number of halogens is 2. The van der Waals surface area contributed by atoms with Gasteiger partial charge in [-0.15, -0.1) is 11.8 Å². The topological polar surface area (TPSA) is 33.5 Å². The van der Waals surface area contributed by atoms with Crippen molar-refractivity contribution in [1.82, 2.24) is 4.90 Å². The lowest BCUT2D eigenvalue weighted by molar-refractivity contribution is 0.0759. The molecule has 1 aromatic carbocycles. The molecule has 3 nitrogen and oxygen atoms in total. The Labute approximate surface area is 130 Å². The number of nitrogens with zero attached hydrogens (tertiary/aromatic N) is 1. The zero-order valence-electron chi connectivity index (χ0n) is 10.4. The summed E-state index contributed by atoms with van der Waals surface area (Å²) in [6.45, 7) is 0.708. The molecule has 3 rings (SSSR count). The second kappa shape index (κ2) is 5.72. The summed E-state index contributed by atoms with van der Waals surface area (Å²) in [7, 11) is 0. The van der Waals surface area contributed by atoms with Gasteiger partial charge in [-0.2, -0.15) is 0 Å². The summed E-state index contributed by atoms with van der Waals surface area (Å²) in [6.07, 6.45) is 2.97. The van der Waals surface area contributed by atoms with Crippen LogP contribution in [0.5, 0.6) is 0 Å². The van der Waals surface area contributed by atoms with E-state index in [9.17, 15) is 4.79 Å². The highest BCUT2D eigenvalue weighted by Crippen LogP contribution is 2.40. The van der Waals surface area contributed by atoms with E-state index in [4.69, 9.17) is 27.6 Å². The first-order chi connectivity index (χ1) is 9.66.